The van der Waals surface area contributed by atoms with Gasteiger partial charge in [0, 0.05) is 13.3 Å². The molecule has 0 bridgehead atoms. The molecule has 0 radical (unpaired) electrons. The van der Waals surface area contributed by atoms with Gasteiger partial charge in [0.25, 0.3) is 5.82 Å². The van der Waals surface area contributed by atoms with Gasteiger partial charge >= 0.3 is 17.8 Å². The molecule has 0 aliphatic rings. The number of alkyl carbamates (subject to hydrolysis) is 1. The Balaban J connectivity index is 2.67. The molecule has 9 heteroatoms. The van der Waals surface area contributed by atoms with E-state index in [4.69, 9.17) is 9.47 Å². The number of H-pyrrole nitrogens is 1. The van der Waals surface area contributed by atoms with E-state index in [9.17, 15) is 14.4 Å². The maximum absolute atomic E-state index is 12.1. The summed E-state index contributed by atoms with van der Waals surface area (Å²) in [4.78, 5) is 35.5. The van der Waals surface area contributed by atoms with Crippen LogP contribution in [0.2, 0.25) is 0 Å². The summed E-state index contributed by atoms with van der Waals surface area (Å²) in [5.74, 6) is -0.416. The second kappa shape index (κ2) is 8.68. The van der Waals surface area contributed by atoms with Crippen molar-refractivity contribution in [2.24, 2.45) is 0 Å². The van der Waals surface area contributed by atoms with Crippen molar-refractivity contribution < 1.29 is 28.7 Å². The van der Waals surface area contributed by atoms with Gasteiger partial charge in [-0.3, -0.25) is 0 Å². The van der Waals surface area contributed by atoms with E-state index in [-0.39, 0.29) is 6.42 Å². The Bertz CT molecular complexity index is 713. The van der Waals surface area contributed by atoms with Crippen LogP contribution in [0.5, 0.6) is 0 Å². The van der Waals surface area contributed by atoms with Crippen LogP contribution in [-0.4, -0.2) is 34.9 Å². The van der Waals surface area contributed by atoms with Crippen LogP contribution in [0.25, 0.3) is 0 Å². The number of esters is 1. The maximum atomic E-state index is 12.1. The summed E-state index contributed by atoms with van der Waals surface area (Å²) >= 11 is 0. The molecule has 0 aliphatic carbocycles. The lowest BCUT2D eigenvalue weighted by atomic mass is 9.97. The molecule has 0 fully saturated rings. The van der Waals surface area contributed by atoms with Crippen LogP contribution in [-0.2, 0) is 20.8 Å². The number of hydrogen-bond acceptors (Lipinski definition) is 6. The van der Waals surface area contributed by atoms with E-state index >= 15 is 0 Å². The SMILES string of the molecule is COC(=O)C(C)(CC=CCCn1c(C)[nH+]oc1=O)NC(=O)OC(C)(C)C. The Kier molecular flexibility index (Phi) is 7.17. The lowest BCUT2D eigenvalue weighted by Gasteiger charge is -2.28. The van der Waals surface area contributed by atoms with Gasteiger partial charge in [-0.2, -0.15) is 9.36 Å². The molecule has 9 nitrogen and oxygen atoms in total. The van der Waals surface area contributed by atoms with E-state index in [1.165, 1.54) is 11.7 Å². The van der Waals surface area contributed by atoms with Crippen LogP contribution < -0.4 is 16.2 Å². The van der Waals surface area contributed by atoms with Crippen molar-refractivity contribution in [2.75, 3.05) is 7.11 Å². The van der Waals surface area contributed by atoms with Gasteiger partial charge in [-0.25, -0.2) is 14.1 Å². The molecule has 0 saturated carbocycles. The van der Waals surface area contributed by atoms with Gasteiger partial charge in [0.1, 0.15) is 17.7 Å². The molecule has 1 atom stereocenters. The van der Waals surface area contributed by atoms with Crippen molar-refractivity contribution in [3.8, 4) is 0 Å². The van der Waals surface area contributed by atoms with Crippen molar-refractivity contribution in [2.45, 2.75) is 65.1 Å². The van der Waals surface area contributed by atoms with Gasteiger partial charge in [0.15, 0.2) is 0 Å². The smallest absolute Gasteiger partial charge is 0.467 e. The summed E-state index contributed by atoms with van der Waals surface area (Å²) < 4.78 is 16.1. The second-order valence-electron chi connectivity index (χ2n) is 7.12. The minimum absolute atomic E-state index is 0.213. The number of aromatic nitrogens is 2. The van der Waals surface area contributed by atoms with Crippen LogP contribution in [0.1, 0.15) is 46.4 Å². The third-order valence-corrected chi connectivity index (χ3v) is 3.54. The zero-order valence-electron chi connectivity index (χ0n) is 16.2. The van der Waals surface area contributed by atoms with Crippen LogP contribution in [0.15, 0.2) is 21.5 Å². The molecule has 1 heterocycles. The molecule has 1 aromatic rings. The van der Waals surface area contributed by atoms with Crippen LogP contribution in [0.4, 0.5) is 4.79 Å². The fraction of sp³-hybridized carbons (Fsp3) is 0.647. The number of allylic oxidation sites excluding steroid dienone is 1. The number of carbonyl (C=O) groups excluding carboxylic acids is 2. The van der Waals surface area contributed by atoms with Crippen LogP contribution in [0.3, 0.4) is 0 Å². The molecule has 1 rings (SSSR count). The zero-order valence-corrected chi connectivity index (χ0v) is 16.2. The number of hydrogen-bond donors (Lipinski definition) is 1. The third kappa shape index (κ3) is 6.38. The van der Waals surface area contributed by atoms with E-state index in [0.29, 0.717) is 18.8 Å². The van der Waals surface area contributed by atoms with Gasteiger partial charge in [-0.1, -0.05) is 17.3 Å². The summed E-state index contributed by atoms with van der Waals surface area (Å²) in [6.45, 7) is 8.93. The van der Waals surface area contributed by atoms with Gasteiger partial charge in [-0.15, -0.1) is 0 Å². The van der Waals surface area contributed by atoms with Gasteiger partial charge in [0.05, 0.1) is 7.11 Å². The summed E-state index contributed by atoms with van der Waals surface area (Å²) in [5, 5.41) is 5.05. The van der Waals surface area contributed by atoms with Crippen molar-refractivity contribution in [3.63, 3.8) is 0 Å². The lowest BCUT2D eigenvalue weighted by Crippen LogP contribution is -2.53. The van der Waals surface area contributed by atoms with Gasteiger partial charge < -0.3 is 14.8 Å². The molecule has 26 heavy (non-hydrogen) atoms. The van der Waals surface area contributed by atoms with E-state index in [1.807, 2.05) is 6.08 Å². The highest BCUT2D eigenvalue weighted by atomic mass is 16.6. The average molecular weight is 370 g/mol. The number of carbonyl (C=O) groups is 2. The van der Waals surface area contributed by atoms with E-state index in [2.05, 4.69) is 15.0 Å². The highest BCUT2D eigenvalue weighted by Gasteiger charge is 2.36. The second-order valence-corrected chi connectivity index (χ2v) is 7.12. The van der Waals surface area contributed by atoms with Gasteiger partial charge in [-0.05, 0) is 34.1 Å². The minimum atomic E-state index is -1.26. The molecular weight excluding hydrogens is 342 g/mol. The van der Waals surface area contributed by atoms with Crippen molar-refractivity contribution in [1.29, 1.82) is 0 Å². The first kappa shape index (κ1) is 21.5. The number of aromatic amines is 1. The van der Waals surface area contributed by atoms with E-state index in [0.717, 1.165) is 0 Å². The number of nitrogens with one attached hydrogen (secondary N) is 2. The average Bonchev–Trinajstić information content (AvgIpc) is 2.83. The maximum Gasteiger partial charge on any atom is 0.549 e. The third-order valence-electron chi connectivity index (χ3n) is 3.54. The first-order valence-electron chi connectivity index (χ1n) is 8.31. The molecule has 0 saturated heterocycles. The fourth-order valence-corrected chi connectivity index (χ4v) is 2.20. The number of amides is 1. The molecule has 0 aromatic carbocycles. The standard InChI is InChI=1S/C17H27N3O6/c1-12-19-26-15(23)20(12)11-9-7-8-10-17(5,13(21)24-6)18-14(22)25-16(2,3)4/h7-8H,9-11H2,1-6H3,(H,18,22)/p+1. The van der Waals surface area contributed by atoms with Gasteiger partial charge in [0.2, 0.25) is 0 Å². The topological polar surface area (TPSA) is 114 Å². The largest absolute Gasteiger partial charge is 0.549 e. The number of ether oxygens (including phenoxy) is 2. The molecule has 0 aliphatic heterocycles. The molecule has 146 valence electrons. The summed E-state index contributed by atoms with van der Waals surface area (Å²) in [6.07, 6.45) is 3.63. The number of aryl methyl sites for hydroxylation is 1. The first-order chi connectivity index (χ1) is 12.0. The number of rotatable bonds is 7. The Hall–Kier alpha value is -2.58. The Labute approximate surface area is 152 Å². The number of methoxy groups -OCH3 is 1. The Morgan fingerprint density at radius 1 is 1.27 bits per heavy atom. The molecule has 0 spiro atoms. The first-order valence-corrected chi connectivity index (χ1v) is 8.31. The van der Waals surface area contributed by atoms with Crippen molar-refractivity contribution >= 4 is 12.1 Å². The molecule has 1 amide bonds. The van der Waals surface area contributed by atoms with E-state index < -0.39 is 29.0 Å². The van der Waals surface area contributed by atoms with Crippen molar-refractivity contribution in [3.05, 3.63) is 28.5 Å². The van der Waals surface area contributed by atoms with Crippen LogP contribution in [0, 0.1) is 6.92 Å². The predicted molar refractivity (Wildman–Crippen MR) is 92.4 cm³/mol. The minimum Gasteiger partial charge on any atom is -0.467 e. The lowest BCUT2D eigenvalue weighted by molar-refractivity contribution is -0.618. The monoisotopic (exact) mass is 370 g/mol. The van der Waals surface area contributed by atoms with Crippen LogP contribution >= 0.6 is 0 Å². The Morgan fingerprint density at radius 3 is 2.42 bits per heavy atom. The zero-order chi connectivity index (χ0) is 20.0. The highest BCUT2D eigenvalue weighted by molar-refractivity contribution is 5.85. The summed E-state index contributed by atoms with van der Waals surface area (Å²) in [7, 11) is 1.26. The summed E-state index contributed by atoms with van der Waals surface area (Å²) in [6, 6.07) is 0. The quantitative estimate of drug-likeness (QED) is 0.572. The fourth-order valence-electron chi connectivity index (χ4n) is 2.20. The Morgan fingerprint density at radius 2 is 1.92 bits per heavy atom. The predicted octanol–water partition coefficient (Wildman–Crippen LogP) is 1.36. The molecule has 1 unspecified atom stereocenters. The highest BCUT2D eigenvalue weighted by Crippen LogP contribution is 2.15. The van der Waals surface area contributed by atoms with E-state index in [1.54, 1.807) is 40.7 Å². The molecular formula is C17H28N3O6+. The normalized spacial score (nSPS) is 14.1. The molecule has 1 aromatic heterocycles. The molecule has 2 N–H and O–H groups in total. The number of nitrogens with zero attached hydrogens (tertiary/aromatic N) is 1. The van der Waals surface area contributed by atoms with Crippen molar-refractivity contribution in [1.82, 2.24) is 9.88 Å². The summed E-state index contributed by atoms with van der Waals surface area (Å²) in [5.41, 5.74) is -1.94.